The van der Waals surface area contributed by atoms with Crippen LogP contribution in [0.3, 0.4) is 0 Å². The second-order valence-corrected chi connectivity index (χ2v) is 10.5. The second-order valence-electron chi connectivity index (χ2n) is 10.1. The molecule has 8 rings (SSSR count). The first kappa shape index (κ1) is 22.6. The molecule has 2 bridgehead atoms. The zero-order valence-electron chi connectivity index (χ0n) is 20.6. The molecule has 4 aromatic heterocycles. The summed E-state index contributed by atoms with van der Waals surface area (Å²) in [6.45, 7) is 2.01. The number of nitrogens with one attached hydrogen (secondary N) is 2. The Morgan fingerprint density at radius 2 is 1.87 bits per heavy atom. The van der Waals surface area contributed by atoms with E-state index in [0.29, 0.717) is 39.4 Å². The van der Waals surface area contributed by atoms with Crippen molar-refractivity contribution in [1.29, 1.82) is 0 Å². The van der Waals surface area contributed by atoms with Gasteiger partial charge >= 0.3 is 0 Å². The third-order valence-corrected chi connectivity index (χ3v) is 8.24. The number of aromatic amines is 1. The van der Waals surface area contributed by atoms with Crippen LogP contribution >= 0.6 is 11.6 Å². The van der Waals surface area contributed by atoms with Gasteiger partial charge in [-0.15, -0.1) is 0 Å². The van der Waals surface area contributed by atoms with Crippen molar-refractivity contribution in [1.82, 2.24) is 35.1 Å². The van der Waals surface area contributed by atoms with E-state index in [0.717, 1.165) is 46.7 Å². The van der Waals surface area contributed by atoms with Crippen molar-refractivity contribution in [2.75, 3.05) is 18.0 Å². The maximum atomic E-state index is 14.6. The summed E-state index contributed by atoms with van der Waals surface area (Å²) in [6.07, 6.45) is 8.02. The lowest BCUT2D eigenvalue weighted by molar-refractivity contribution is 0.580. The number of anilines is 1. The standard InChI is InChI=1S/C29H22ClFN8/c30-23-12-18(38-15-17-11-19(38)13-34-17)1-2-21(23)25-7-10-33-29-26(20-3-4-24(31)28-22(20)14-35-36-28)27(37-39(25)29)16-5-8-32-9-6-16/h1-10,12,14,17,19,34H,11,13,15H2,(H,35,36)/t17-,19+/m1/s1. The summed E-state index contributed by atoms with van der Waals surface area (Å²) in [5, 5.41) is 16.8. The molecule has 2 atom stereocenters. The Morgan fingerprint density at radius 1 is 1.00 bits per heavy atom. The molecule has 2 aromatic carbocycles. The molecule has 0 unspecified atom stereocenters. The van der Waals surface area contributed by atoms with E-state index in [1.807, 2.05) is 28.8 Å². The number of rotatable bonds is 4. The SMILES string of the molecule is Fc1ccc(-c2c(-c3ccncc3)nn3c(-c4ccc(N5C[C@H]6C[C@H]5CN6)cc4Cl)ccnc23)c2cn[nH]c12. The van der Waals surface area contributed by atoms with Crippen LogP contribution < -0.4 is 10.2 Å². The highest BCUT2D eigenvalue weighted by Gasteiger charge is 2.37. The van der Waals surface area contributed by atoms with E-state index < -0.39 is 0 Å². The van der Waals surface area contributed by atoms with Gasteiger partial charge in [-0.3, -0.25) is 10.1 Å². The summed E-state index contributed by atoms with van der Waals surface area (Å²) in [5.74, 6) is -0.365. The second kappa shape index (κ2) is 8.59. The fraction of sp³-hybridized carbons (Fsp3) is 0.172. The molecular formula is C29H22ClFN8. The normalized spacial score (nSPS) is 18.6. The molecule has 39 heavy (non-hydrogen) atoms. The first-order valence-corrected chi connectivity index (χ1v) is 13.2. The zero-order valence-corrected chi connectivity index (χ0v) is 21.4. The average molecular weight is 537 g/mol. The molecule has 10 heteroatoms. The van der Waals surface area contributed by atoms with E-state index in [2.05, 4.69) is 37.5 Å². The molecule has 0 saturated carbocycles. The number of aromatic nitrogens is 6. The van der Waals surface area contributed by atoms with Gasteiger partial charge in [0.15, 0.2) is 5.65 Å². The van der Waals surface area contributed by atoms with Gasteiger partial charge in [0, 0.05) is 66.0 Å². The topological polar surface area (TPSA) is 87.0 Å². The maximum Gasteiger partial charge on any atom is 0.164 e. The van der Waals surface area contributed by atoms with E-state index >= 15 is 0 Å². The van der Waals surface area contributed by atoms with Crippen molar-refractivity contribution in [2.45, 2.75) is 18.5 Å². The Labute approximate surface area is 227 Å². The van der Waals surface area contributed by atoms with Crippen LogP contribution in [0.5, 0.6) is 0 Å². The van der Waals surface area contributed by atoms with E-state index in [-0.39, 0.29) is 5.82 Å². The van der Waals surface area contributed by atoms with Crippen LogP contribution in [0.2, 0.25) is 5.02 Å². The van der Waals surface area contributed by atoms with Crippen molar-refractivity contribution in [3.05, 3.63) is 84.2 Å². The largest absolute Gasteiger partial charge is 0.366 e. The molecule has 6 heterocycles. The Kier molecular flexibility index (Phi) is 4.98. The van der Waals surface area contributed by atoms with Crippen molar-refractivity contribution in [3.8, 4) is 33.6 Å². The first-order chi connectivity index (χ1) is 19.2. The number of nitrogens with zero attached hydrogens (tertiary/aromatic N) is 6. The van der Waals surface area contributed by atoms with Gasteiger partial charge in [0.1, 0.15) is 17.0 Å². The van der Waals surface area contributed by atoms with Crippen molar-refractivity contribution in [2.24, 2.45) is 0 Å². The minimum Gasteiger partial charge on any atom is -0.366 e. The summed E-state index contributed by atoms with van der Waals surface area (Å²) < 4.78 is 16.4. The van der Waals surface area contributed by atoms with E-state index in [1.165, 1.54) is 12.5 Å². The molecule has 192 valence electrons. The lowest BCUT2D eigenvalue weighted by Crippen LogP contribution is -2.43. The van der Waals surface area contributed by atoms with Crippen molar-refractivity contribution < 1.29 is 4.39 Å². The van der Waals surface area contributed by atoms with E-state index in [9.17, 15) is 4.39 Å². The van der Waals surface area contributed by atoms with Crippen LogP contribution in [0.25, 0.3) is 50.2 Å². The molecule has 0 radical (unpaired) electrons. The summed E-state index contributed by atoms with van der Waals surface area (Å²) in [6, 6.07) is 16.2. The number of pyridine rings is 1. The van der Waals surface area contributed by atoms with Gasteiger partial charge in [-0.2, -0.15) is 10.2 Å². The number of hydrogen-bond acceptors (Lipinski definition) is 6. The maximum absolute atomic E-state index is 14.6. The van der Waals surface area contributed by atoms with Crippen LogP contribution in [0.1, 0.15) is 6.42 Å². The molecular weight excluding hydrogens is 515 g/mol. The predicted molar refractivity (Wildman–Crippen MR) is 149 cm³/mol. The minimum absolute atomic E-state index is 0.341. The highest BCUT2D eigenvalue weighted by Crippen LogP contribution is 2.41. The number of piperazine rings is 1. The third kappa shape index (κ3) is 3.47. The number of fused-ring (bicyclic) bond motifs is 4. The highest BCUT2D eigenvalue weighted by molar-refractivity contribution is 6.33. The monoisotopic (exact) mass is 536 g/mol. The minimum atomic E-state index is -0.365. The summed E-state index contributed by atoms with van der Waals surface area (Å²) in [7, 11) is 0. The Hall–Kier alpha value is -4.34. The lowest BCUT2D eigenvalue weighted by atomic mass is 9.98. The molecule has 0 aliphatic carbocycles. The Bertz CT molecular complexity index is 1880. The van der Waals surface area contributed by atoms with Crippen LogP contribution in [0.4, 0.5) is 10.1 Å². The molecule has 6 aromatic rings. The number of hydrogen-bond donors (Lipinski definition) is 2. The third-order valence-electron chi connectivity index (χ3n) is 7.92. The van der Waals surface area contributed by atoms with Gasteiger partial charge in [0.05, 0.1) is 22.5 Å². The molecule has 0 amide bonds. The molecule has 8 nitrogen and oxygen atoms in total. The fourth-order valence-electron chi connectivity index (χ4n) is 6.10. The van der Waals surface area contributed by atoms with E-state index in [4.69, 9.17) is 21.7 Å². The molecule has 2 aliphatic rings. The van der Waals surface area contributed by atoms with Gasteiger partial charge in [-0.05, 0) is 54.4 Å². The number of H-pyrrole nitrogens is 1. The van der Waals surface area contributed by atoms with Gasteiger partial charge in [0.25, 0.3) is 0 Å². The van der Waals surface area contributed by atoms with Crippen molar-refractivity contribution in [3.63, 3.8) is 0 Å². The van der Waals surface area contributed by atoms with Crippen LogP contribution in [-0.2, 0) is 0 Å². The van der Waals surface area contributed by atoms with Crippen LogP contribution in [0, 0.1) is 5.82 Å². The smallest absolute Gasteiger partial charge is 0.164 e. The average Bonchev–Trinajstić information content (AvgIpc) is 3.77. The number of halogens is 2. The lowest BCUT2D eigenvalue weighted by Gasteiger charge is -2.30. The summed E-state index contributed by atoms with van der Waals surface area (Å²) >= 11 is 6.94. The number of benzene rings is 2. The van der Waals surface area contributed by atoms with Gasteiger partial charge in [0.2, 0.25) is 0 Å². The highest BCUT2D eigenvalue weighted by atomic mass is 35.5. The zero-order chi connectivity index (χ0) is 26.1. The predicted octanol–water partition coefficient (Wildman–Crippen LogP) is 5.34. The Balaban J connectivity index is 1.33. The van der Waals surface area contributed by atoms with Crippen LogP contribution in [-0.4, -0.2) is 55.0 Å². The Morgan fingerprint density at radius 3 is 2.67 bits per heavy atom. The van der Waals surface area contributed by atoms with Crippen LogP contribution in [0.15, 0.2) is 73.3 Å². The fourth-order valence-corrected chi connectivity index (χ4v) is 6.37. The first-order valence-electron chi connectivity index (χ1n) is 12.9. The van der Waals surface area contributed by atoms with Crippen molar-refractivity contribution >= 4 is 33.8 Å². The van der Waals surface area contributed by atoms with E-state index in [1.54, 1.807) is 30.9 Å². The van der Waals surface area contributed by atoms with Gasteiger partial charge in [-0.1, -0.05) is 17.7 Å². The molecule has 2 aliphatic heterocycles. The molecule has 2 saturated heterocycles. The molecule has 2 N–H and O–H groups in total. The van der Waals surface area contributed by atoms with Gasteiger partial charge in [-0.25, -0.2) is 13.9 Å². The summed E-state index contributed by atoms with van der Waals surface area (Å²) in [5.41, 5.74) is 6.93. The molecule has 0 spiro atoms. The summed E-state index contributed by atoms with van der Waals surface area (Å²) in [4.78, 5) is 11.4. The quantitative estimate of drug-likeness (QED) is 0.316. The van der Waals surface area contributed by atoms with Gasteiger partial charge < -0.3 is 10.2 Å². The molecule has 2 fully saturated rings.